The predicted octanol–water partition coefficient (Wildman–Crippen LogP) is 1.68. The number of rotatable bonds is 3. The molecule has 0 unspecified atom stereocenters. The number of ether oxygens (including phenoxy) is 8. The zero-order valence-corrected chi connectivity index (χ0v) is 21.5. The van der Waals surface area contributed by atoms with E-state index in [-0.39, 0.29) is 23.6 Å². The summed E-state index contributed by atoms with van der Waals surface area (Å²) in [5.41, 5.74) is -0.469. The van der Waals surface area contributed by atoms with Crippen LogP contribution in [-0.2, 0) is 37.9 Å². The predicted molar refractivity (Wildman–Crippen MR) is 126 cm³/mol. The van der Waals surface area contributed by atoms with Gasteiger partial charge in [-0.2, -0.15) is 0 Å². The Labute approximate surface area is 213 Å². The van der Waals surface area contributed by atoms with Gasteiger partial charge in [-0.25, -0.2) is 0 Å². The Morgan fingerprint density at radius 1 is 0.639 bits per heavy atom. The molecule has 2 saturated carbocycles. The molecule has 0 bridgehead atoms. The largest absolute Gasteiger partial charge is 0.391 e. The molecular formula is C26H44O10. The molecule has 3 spiro atoms. The maximum absolute atomic E-state index is 10.5. The highest BCUT2D eigenvalue weighted by molar-refractivity contribution is 4.99. The van der Waals surface area contributed by atoms with E-state index in [2.05, 4.69) is 0 Å². The maximum Gasteiger partial charge on any atom is 0.168 e. The molecule has 7 fully saturated rings. The first-order chi connectivity index (χ1) is 17.4. The Bertz CT molecular complexity index is 647. The highest BCUT2D eigenvalue weighted by atomic mass is 16.7. The van der Waals surface area contributed by atoms with Crippen LogP contribution in [0, 0.1) is 0 Å². The molecule has 5 aliphatic heterocycles. The molecule has 36 heavy (non-hydrogen) atoms. The Morgan fingerprint density at radius 3 is 1.58 bits per heavy atom. The summed E-state index contributed by atoms with van der Waals surface area (Å²) in [4.78, 5) is 0. The fraction of sp³-hybridized carbons (Fsp3) is 1.00. The molecule has 0 aromatic carbocycles. The molecule has 5 saturated heterocycles. The summed E-state index contributed by atoms with van der Waals surface area (Å²) in [6.45, 7) is 6.96. The number of hydrogen-bond donors (Lipinski definition) is 2. The van der Waals surface area contributed by atoms with Crippen LogP contribution in [0.3, 0.4) is 0 Å². The lowest BCUT2D eigenvalue weighted by atomic mass is 9.82. The van der Waals surface area contributed by atoms with Crippen molar-refractivity contribution < 1.29 is 48.1 Å². The Kier molecular flexibility index (Phi) is 8.89. The summed E-state index contributed by atoms with van der Waals surface area (Å²) >= 11 is 0. The van der Waals surface area contributed by atoms with E-state index in [1.807, 2.05) is 0 Å². The van der Waals surface area contributed by atoms with Gasteiger partial charge in [-0.05, 0) is 38.5 Å². The van der Waals surface area contributed by atoms with Gasteiger partial charge in [0.1, 0.15) is 0 Å². The van der Waals surface area contributed by atoms with Crippen LogP contribution >= 0.6 is 0 Å². The van der Waals surface area contributed by atoms with E-state index in [0.717, 1.165) is 84.4 Å². The fourth-order valence-electron chi connectivity index (χ4n) is 5.73. The third kappa shape index (κ3) is 7.16. The second kappa shape index (κ2) is 11.8. The van der Waals surface area contributed by atoms with E-state index in [1.165, 1.54) is 0 Å². The SMILES string of the molecule is C1COC2(CCC3(CC2)CO3)O1.OC1(CO[C@H]2CCOC2)CCC2(CC1)OCCO2.O[C@H]1CCOC1. The molecule has 2 atom stereocenters. The number of epoxide rings is 1. The lowest BCUT2D eigenvalue weighted by Crippen LogP contribution is -2.46. The van der Waals surface area contributed by atoms with E-state index in [4.69, 9.17) is 43.0 Å². The van der Waals surface area contributed by atoms with Gasteiger partial charge in [-0.3, -0.25) is 0 Å². The van der Waals surface area contributed by atoms with Gasteiger partial charge < -0.3 is 48.1 Å². The van der Waals surface area contributed by atoms with Gasteiger partial charge in [0.25, 0.3) is 0 Å². The molecule has 7 aliphatic rings. The first-order valence-corrected chi connectivity index (χ1v) is 13.8. The molecule has 0 aromatic heterocycles. The van der Waals surface area contributed by atoms with Crippen molar-refractivity contribution in [3.63, 3.8) is 0 Å². The van der Waals surface area contributed by atoms with Crippen LogP contribution in [-0.4, -0.2) is 111 Å². The lowest BCUT2D eigenvalue weighted by molar-refractivity contribution is -0.211. The Morgan fingerprint density at radius 2 is 1.17 bits per heavy atom. The van der Waals surface area contributed by atoms with Crippen LogP contribution < -0.4 is 0 Å². The number of aliphatic hydroxyl groups is 2. The smallest absolute Gasteiger partial charge is 0.168 e. The summed E-state index contributed by atoms with van der Waals surface area (Å²) in [7, 11) is 0. The number of aliphatic hydroxyl groups excluding tert-OH is 1. The molecule has 2 aliphatic carbocycles. The first-order valence-electron chi connectivity index (χ1n) is 13.8. The van der Waals surface area contributed by atoms with E-state index in [0.29, 0.717) is 45.9 Å². The normalized spacial score (nSPS) is 37.5. The van der Waals surface area contributed by atoms with Crippen molar-refractivity contribution in [2.45, 2.75) is 99.2 Å². The highest BCUT2D eigenvalue weighted by Gasteiger charge is 2.53. The quantitative estimate of drug-likeness (QED) is 0.537. The third-order valence-electron chi connectivity index (χ3n) is 8.43. The lowest BCUT2D eigenvalue weighted by Gasteiger charge is -2.40. The van der Waals surface area contributed by atoms with Crippen LogP contribution in [0.1, 0.15) is 64.2 Å². The monoisotopic (exact) mass is 516 g/mol. The molecule has 0 amide bonds. The highest BCUT2D eigenvalue weighted by Crippen LogP contribution is 2.47. The molecule has 5 heterocycles. The summed E-state index contributed by atoms with van der Waals surface area (Å²) in [5, 5.41) is 19.1. The van der Waals surface area contributed by atoms with E-state index in [1.54, 1.807) is 0 Å². The second-order valence-corrected chi connectivity index (χ2v) is 11.2. The van der Waals surface area contributed by atoms with Crippen molar-refractivity contribution in [3.8, 4) is 0 Å². The van der Waals surface area contributed by atoms with Crippen molar-refractivity contribution in [1.29, 1.82) is 0 Å². The zero-order valence-electron chi connectivity index (χ0n) is 21.5. The first kappa shape index (κ1) is 27.2. The maximum atomic E-state index is 10.5. The summed E-state index contributed by atoms with van der Waals surface area (Å²) in [6, 6.07) is 0. The summed E-state index contributed by atoms with van der Waals surface area (Å²) in [5.74, 6) is -0.625. The van der Waals surface area contributed by atoms with Crippen molar-refractivity contribution >= 4 is 0 Å². The topological polar surface area (TPSA) is 118 Å². The minimum Gasteiger partial charge on any atom is -0.391 e. The van der Waals surface area contributed by atoms with Gasteiger partial charge >= 0.3 is 0 Å². The van der Waals surface area contributed by atoms with E-state index >= 15 is 0 Å². The molecule has 10 nitrogen and oxygen atoms in total. The molecule has 0 radical (unpaired) electrons. The molecule has 208 valence electrons. The molecular weight excluding hydrogens is 472 g/mol. The van der Waals surface area contributed by atoms with Gasteiger partial charge in [0.05, 0.1) is 76.3 Å². The molecule has 2 N–H and O–H groups in total. The van der Waals surface area contributed by atoms with E-state index in [9.17, 15) is 5.11 Å². The Balaban J connectivity index is 0.000000126. The fourth-order valence-corrected chi connectivity index (χ4v) is 5.73. The average Bonchev–Trinajstić information content (AvgIpc) is 3.49. The summed E-state index contributed by atoms with van der Waals surface area (Å²) < 4.78 is 43.8. The average molecular weight is 517 g/mol. The molecule has 10 heteroatoms. The zero-order chi connectivity index (χ0) is 25.0. The van der Waals surface area contributed by atoms with Gasteiger partial charge in [0.15, 0.2) is 11.6 Å². The van der Waals surface area contributed by atoms with Crippen molar-refractivity contribution in [3.05, 3.63) is 0 Å². The van der Waals surface area contributed by atoms with Gasteiger partial charge in [0.2, 0.25) is 0 Å². The van der Waals surface area contributed by atoms with Gasteiger partial charge in [-0.1, -0.05) is 0 Å². The minimum atomic E-state index is -0.719. The molecule has 0 aromatic rings. The van der Waals surface area contributed by atoms with Crippen molar-refractivity contribution in [1.82, 2.24) is 0 Å². The van der Waals surface area contributed by atoms with Crippen LogP contribution in [0.2, 0.25) is 0 Å². The van der Waals surface area contributed by atoms with Crippen molar-refractivity contribution in [2.75, 3.05) is 66.1 Å². The van der Waals surface area contributed by atoms with Gasteiger partial charge in [-0.15, -0.1) is 0 Å². The van der Waals surface area contributed by atoms with Crippen LogP contribution in [0.4, 0.5) is 0 Å². The minimum absolute atomic E-state index is 0.156. The van der Waals surface area contributed by atoms with E-state index < -0.39 is 11.4 Å². The van der Waals surface area contributed by atoms with Crippen LogP contribution in [0.5, 0.6) is 0 Å². The standard InChI is InChI=1S/C13H22O5.C9H14O3.C4H8O2/c14-12(10-16-11-1-6-15-9-11)2-4-13(5-3-12)17-7-8-18-13;1-3-9(10-5-6-11-9)4-2-8(1)7-12-8;5-4-1-2-6-3-4/h11,14H,1-10H2;1-7H2;4-5H,1-3H2/t11-;;4-/m0.0/s1. The van der Waals surface area contributed by atoms with Gasteiger partial charge in [0, 0.05) is 38.9 Å². The second-order valence-electron chi connectivity index (χ2n) is 11.2. The van der Waals surface area contributed by atoms with Crippen molar-refractivity contribution in [2.24, 2.45) is 0 Å². The van der Waals surface area contributed by atoms with Crippen LogP contribution in [0.15, 0.2) is 0 Å². The summed E-state index contributed by atoms with van der Waals surface area (Å²) in [6.07, 6.45) is 8.89. The number of hydrogen-bond acceptors (Lipinski definition) is 10. The van der Waals surface area contributed by atoms with Crippen LogP contribution in [0.25, 0.3) is 0 Å². The molecule has 7 rings (SSSR count). The Hall–Kier alpha value is -0.400. The third-order valence-corrected chi connectivity index (χ3v) is 8.43.